The van der Waals surface area contributed by atoms with Crippen molar-refractivity contribution in [3.8, 4) is 0 Å². The van der Waals surface area contributed by atoms with Gasteiger partial charge in [-0.2, -0.15) is 0 Å². The Bertz CT molecular complexity index is 295. The van der Waals surface area contributed by atoms with Crippen molar-refractivity contribution in [2.75, 3.05) is 13.2 Å². The molecule has 0 radical (unpaired) electrons. The maximum atomic E-state index is 9.33. The highest BCUT2D eigenvalue weighted by Gasteiger charge is 2.10. The molecule has 0 saturated carbocycles. The number of rotatable bonds is 6. The molecule has 1 aromatic carbocycles. The van der Waals surface area contributed by atoms with Gasteiger partial charge >= 0.3 is 0 Å². The third-order valence-corrected chi connectivity index (χ3v) is 2.73. The highest BCUT2D eigenvalue weighted by Crippen LogP contribution is 2.21. The molecule has 16 heavy (non-hydrogen) atoms. The Morgan fingerprint density at radius 2 is 1.88 bits per heavy atom. The van der Waals surface area contributed by atoms with Crippen molar-refractivity contribution >= 4 is 11.6 Å². The molecule has 0 amide bonds. The molecule has 0 spiro atoms. The van der Waals surface area contributed by atoms with Crippen LogP contribution < -0.4 is 0 Å². The van der Waals surface area contributed by atoms with Gasteiger partial charge in [-0.05, 0) is 38.0 Å². The van der Waals surface area contributed by atoms with Crippen molar-refractivity contribution in [3.05, 3.63) is 34.9 Å². The summed E-state index contributed by atoms with van der Waals surface area (Å²) >= 11 is 5.82. The molecule has 0 fully saturated rings. The molecule has 1 rings (SSSR count). The number of aliphatic hydroxyl groups excluding tert-OH is 1. The molecule has 90 valence electrons. The smallest absolute Gasteiger partial charge is 0.0518 e. The van der Waals surface area contributed by atoms with Gasteiger partial charge in [-0.15, -0.1) is 0 Å². The van der Waals surface area contributed by atoms with E-state index in [2.05, 4.69) is 0 Å². The fourth-order valence-electron chi connectivity index (χ4n) is 1.54. The summed E-state index contributed by atoms with van der Waals surface area (Å²) in [5.41, 5.74) is 1.11. The first kappa shape index (κ1) is 13.5. The molecule has 0 aliphatic rings. The first-order valence-electron chi connectivity index (χ1n) is 5.61. The van der Waals surface area contributed by atoms with Crippen LogP contribution in [0, 0.1) is 0 Å². The van der Waals surface area contributed by atoms with Crippen LogP contribution in [0.1, 0.15) is 31.7 Å². The summed E-state index contributed by atoms with van der Waals surface area (Å²) < 4.78 is 5.48. The van der Waals surface area contributed by atoms with E-state index in [4.69, 9.17) is 16.3 Å². The van der Waals surface area contributed by atoms with Crippen molar-refractivity contribution in [1.82, 2.24) is 0 Å². The Hall–Kier alpha value is -0.570. The first-order valence-corrected chi connectivity index (χ1v) is 5.99. The summed E-state index contributed by atoms with van der Waals surface area (Å²) in [4.78, 5) is 0. The van der Waals surface area contributed by atoms with Gasteiger partial charge in [-0.3, -0.25) is 0 Å². The number of hydrogen-bond acceptors (Lipinski definition) is 2. The van der Waals surface area contributed by atoms with E-state index < -0.39 is 0 Å². The zero-order valence-corrected chi connectivity index (χ0v) is 10.6. The molecule has 0 bridgehead atoms. The predicted molar refractivity (Wildman–Crippen MR) is 67.0 cm³/mol. The van der Waals surface area contributed by atoms with Gasteiger partial charge in [0.05, 0.1) is 12.7 Å². The van der Waals surface area contributed by atoms with Crippen LogP contribution in [0.15, 0.2) is 24.3 Å². The minimum atomic E-state index is 0.135. The van der Waals surface area contributed by atoms with E-state index in [1.54, 1.807) is 0 Å². The Balaban J connectivity index is 2.50. The van der Waals surface area contributed by atoms with Crippen LogP contribution in [-0.4, -0.2) is 24.4 Å². The van der Waals surface area contributed by atoms with Gasteiger partial charge < -0.3 is 9.84 Å². The summed E-state index contributed by atoms with van der Waals surface area (Å²) in [6, 6.07) is 7.61. The van der Waals surface area contributed by atoms with Crippen LogP contribution in [0.25, 0.3) is 0 Å². The molecular formula is C13H19ClO2. The van der Waals surface area contributed by atoms with Crippen LogP contribution in [0.5, 0.6) is 0 Å². The van der Waals surface area contributed by atoms with Crippen molar-refractivity contribution < 1.29 is 9.84 Å². The lowest BCUT2D eigenvalue weighted by atomic mass is 9.97. The predicted octanol–water partition coefficient (Wildman–Crippen LogP) is 3.23. The summed E-state index contributed by atoms with van der Waals surface area (Å²) in [5.74, 6) is 0.135. The molecule has 3 heteroatoms. The zero-order valence-electron chi connectivity index (χ0n) is 9.82. The highest BCUT2D eigenvalue weighted by molar-refractivity contribution is 6.30. The second-order valence-electron chi connectivity index (χ2n) is 4.14. The fraction of sp³-hybridized carbons (Fsp3) is 0.538. The van der Waals surface area contributed by atoms with Gasteiger partial charge in [0.2, 0.25) is 0 Å². The Labute approximate surface area is 102 Å². The highest BCUT2D eigenvalue weighted by atomic mass is 35.5. The van der Waals surface area contributed by atoms with Gasteiger partial charge in [0.15, 0.2) is 0 Å². The Morgan fingerprint density at radius 3 is 2.38 bits per heavy atom. The van der Waals surface area contributed by atoms with Crippen molar-refractivity contribution in [1.29, 1.82) is 0 Å². The van der Waals surface area contributed by atoms with Crippen molar-refractivity contribution in [3.63, 3.8) is 0 Å². The van der Waals surface area contributed by atoms with Crippen LogP contribution in [-0.2, 0) is 4.74 Å². The van der Waals surface area contributed by atoms with Crippen molar-refractivity contribution in [2.45, 2.75) is 32.3 Å². The Kier molecular flexibility index (Phi) is 5.81. The largest absolute Gasteiger partial charge is 0.396 e. The molecule has 0 aliphatic heterocycles. The van der Waals surface area contributed by atoms with Crippen LogP contribution in [0.4, 0.5) is 0 Å². The molecule has 0 heterocycles. The average Bonchev–Trinajstić information content (AvgIpc) is 2.26. The zero-order chi connectivity index (χ0) is 12.0. The number of ether oxygens (including phenoxy) is 1. The van der Waals surface area contributed by atoms with Gasteiger partial charge in [0.1, 0.15) is 0 Å². The van der Waals surface area contributed by atoms with E-state index in [-0.39, 0.29) is 18.6 Å². The molecule has 1 aromatic rings. The molecular weight excluding hydrogens is 224 g/mol. The van der Waals surface area contributed by atoms with Crippen LogP contribution in [0.2, 0.25) is 5.02 Å². The monoisotopic (exact) mass is 242 g/mol. The van der Waals surface area contributed by atoms with E-state index in [0.717, 1.165) is 17.0 Å². The molecule has 1 atom stereocenters. The second-order valence-corrected chi connectivity index (χ2v) is 4.58. The number of halogens is 1. The number of benzene rings is 1. The summed E-state index contributed by atoms with van der Waals surface area (Å²) in [6.07, 6.45) is 1.07. The molecule has 1 unspecified atom stereocenters. The van der Waals surface area contributed by atoms with Crippen molar-refractivity contribution in [2.24, 2.45) is 0 Å². The third kappa shape index (κ3) is 4.52. The second kappa shape index (κ2) is 6.89. The maximum absolute atomic E-state index is 9.33. The molecule has 0 saturated heterocycles. The lowest BCUT2D eigenvalue weighted by Crippen LogP contribution is -2.11. The summed E-state index contributed by atoms with van der Waals surface area (Å²) in [7, 11) is 0. The molecule has 1 N–H and O–H groups in total. The molecule has 2 nitrogen and oxygen atoms in total. The number of aliphatic hydroxyl groups is 1. The van der Waals surface area contributed by atoms with Gasteiger partial charge in [-0.1, -0.05) is 23.7 Å². The summed E-state index contributed by atoms with van der Waals surface area (Å²) in [6.45, 7) is 4.83. The fourth-order valence-corrected chi connectivity index (χ4v) is 1.67. The van der Waals surface area contributed by atoms with Gasteiger partial charge in [0.25, 0.3) is 0 Å². The third-order valence-electron chi connectivity index (χ3n) is 2.48. The minimum Gasteiger partial charge on any atom is -0.396 e. The SMILES string of the molecule is CC(C)OCCC(CO)c1ccc(Cl)cc1. The van der Waals surface area contributed by atoms with Gasteiger partial charge in [-0.25, -0.2) is 0 Å². The van der Waals surface area contributed by atoms with E-state index in [1.807, 2.05) is 38.1 Å². The Morgan fingerprint density at radius 1 is 1.25 bits per heavy atom. The number of hydrogen-bond donors (Lipinski definition) is 1. The summed E-state index contributed by atoms with van der Waals surface area (Å²) in [5, 5.41) is 10.0. The molecule has 0 aliphatic carbocycles. The first-order chi connectivity index (χ1) is 7.63. The van der Waals surface area contributed by atoms with Gasteiger partial charge in [0, 0.05) is 17.5 Å². The van der Waals surface area contributed by atoms with E-state index in [1.165, 1.54) is 0 Å². The average molecular weight is 243 g/mol. The lowest BCUT2D eigenvalue weighted by molar-refractivity contribution is 0.0691. The van der Waals surface area contributed by atoms with Crippen LogP contribution in [0.3, 0.4) is 0 Å². The maximum Gasteiger partial charge on any atom is 0.0518 e. The van der Waals surface area contributed by atoms with E-state index in [9.17, 15) is 5.11 Å². The lowest BCUT2D eigenvalue weighted by Gasteiger charge is -2.15. The van der Waals surface area contributed by atoms with E-state index in [0.29, 0.717) is 6.61 Å². The quantitative estimate of drug-likeness (QED) is 0.830. The normalized spacial score (nSPS) is 13.1. The minimum absolute atomic E-state index is 0.135. The van der Waals surface area contributed by atoms with E-state index >= 15 is 0 Å². The topological polar surface area (TPSA) is 29.5 Å². The standard InChI is InChI=1S/C13H19ClO2/c1-10(2)16-8-7-12(9-15)11-3-5-13(14)6-4-11/h3-6,10,12,15H,7-9H2,1-2H3. The molecule has 0 aromatic heterocycles. The van der Waals surface area contributed by atoms with Crippen LogP contribution >= 0.6 is 11.6 Å².